The van der Waals surface area contributed by atoms with Gasteiger partial charge >= 0.3 is 11.8 Å². The summed E-state index contributed by atoms with van der Waals surface area (Å²) in [5, 5.41) is 9.86. The first-order chi connectivity index (χ1) is 12.8. The molecule has 2 rings (SSSR count). The lowest BCUT2D eigenvalue weighted by atomic mass is 10.2. The number of amides is 4. The Kier molecular flexibility index (Phi) is 6.65. The number of carbonyl (C=O) groups is 4. The SMILES string of the molecule is CC(=O)Nc1ccc(NC(=O)C(=O)NCC(=O)Nc2ccc(C)cc2)cc1. The van der Waals surface area contributed by atoms with Crippen LogP contribution in [-0.4, -0.2) is 30.2 Å². The van der Waals surface area contributed by atoms with Crippen molar-refractivity contribution in [3.8, 4) is 0 Å². The molecule has 0 bridgehead atoms. The van der Waals surface area contributed by atoms with Gasteiger partial charge in [-0.15, -0.1) is 0 Å². The van der Waals surface area contributed by atoms with Gasteiger partial charge in [-0.3, -0.25) is 19.2 Å². The molecule has 0 radical (unpaired) electrons. The van der Waals surface area contributed by atoms with Crippen molar-refractivity contribution >= 4 is 40.7 Å². The van der Waals surface area contributed by atoms with E-state index in [0.717, 1.165) is 5.56 Å². The standard InChI is InChI=1S/C19H20N4O4/c1-12-3-5-15(6-4-12)22-17(25)11-20-18(26)19(27)23-16-9-7-14(8-10-16)21-13(2)24/h3-10H,11H2,1-2H3,(H,20,26)(H,21,24)(H,22,25)(H,23,27). The maximum atomic E-state index is 11.9. The highest BCUT2D eigenvalue weighted by Crippen LogP contribution is 2.13. The molecule has 0 saturated heterocycles. The Morgan fingerprint density at radius 3 is 1.74 bits per heavy atom. The minimum atomic E-state index is -0.931. The fourth-order valence-electron chi connectivity index (χ4n) is 2.11. The molecule has 0 saturated carbocycles. The highest BCUT2D eigenvalue weighted by atomic mass is 16.2. The summed E-state index contributed by atoms with van der Waals surface area (Å²) < 4.78 is 0. The maximum Gasteiger partial charge on any atom is 0.313 e. The van der Waals surface area contributed by atoms with Crippen LogP contribution in [0.1, 0.15) is 12.5 Å². The summed E-state index contributed by atoms with van der Waals surface area (Å²) in [4.78, 5) is 46.4. The van der Waals surface area contributed by atoms with E-state index in [0.29, 0.717) is 17.1 Å². The fourth-order valence-corrected chi connectivity index (χ4v) is 2.11. The van der Waals surface area contributed by atoms with Gasteiger partial charge in [0.25, 0.3) is 0 Å². The van der Waals surface area contributed by atoms with Crippen LogP contribution in [0, 0.1) is 6.92 Å². The van der Waals surface area contributed by atoms with Crippen LogP contribution in [0.3, 0.4) is 0 Å². The lowest BCUT2D eigenvalue weighted by Gasteiger charge is -2.08. The van der Waals surface area contributed by atoms with Crippen molar-refractivity contribution in [2.45, 2.75) is 13.8 Å². The summed E-state index contributed by atoms with van der Waals surface area (Å²) in [6.45, 7) is 2.98. The van der Waals surface area contributed by atoms with Crippen LogP contribution < -0.4 is 21.3 Å². The Morgan fingerprint density at radius 2 is 1.19 bits per heavy atom. The highest BCUT2D eigenvalue weighted by molar-refractivity contribution is 6.39. The van der Waals surface area contributed by atoms with Crippen LogP contribution in [0.2, 0.25) is 0 Å². The van der Waals surface area contributed by atoms with Gasteiger partial charge in [-0.2, -0.15) is 0 Å². The minimum absolute atomic E-state index is 0.213. The van der Waals surface area contributed by atoms with E-state index in [1.165, 1.54) is 6.92 Å². The fraction of sp³-hybridized carbons (Fsp3) is 0.158. The van der Waals surface area contributed by atoms with Gasteiger partial charge < -0.3 is 21.3 Å². The average molecular weight is 368 g/mol. The largest absolute Gasteiger partial charge is 0.339 e. The molecule has 0 aliphatic heterocycles. The summed E-state index contributed by atoms with van der Waals surface area (Å²) in [6, 6.07) is 13.4. The van der Waals surface area contributed by atoms with Crippen molar-refractivity contribution in [3.05, 3.63) is 54.1 Å². The molecule has 140 valence electrons. The summed E-state index contributed by atoms with van der Waals surface area (Å²) in [5.74, 6) is -2.49. The van der Waals surface area contributed by atoms with Crippen LogP contribution in [0.4, 0.5) is 17.1 Å². The Bertz CT molecular complexity index is 845. The highest BCUT2D eigenvalue weighted by Gasteiger charge is 2.15. The van der Waals surface area contributed by atoms with E-state index in [9.17, 15) is 19.2 Å². The second kappa shape index (κ2) is 9.14. The molecule has 0 unspecified atom stereocenters. The van der Waals surface area contributed by atoms with Crippen molar-refractivity contribution in [2.24, 2.45) is 0 Å². The Hall–Kier alpha value is -3.68. The molecule has 4 N–H and O–H groups in total. The van der Waals surface area contributed by atoms with Crippen LogP contribution in [0.25, 0.3) is 0 Å². The van der Waals surface area contributed by atoms with E-state index < -0.39 is 17.7 Å². The number of aryl methyl sites for hydroxylation is 1. The molecule has 8 nitrogen and oxygen atoms in total. The van der Waals surface area contributed by atoms with E-state index in [2.05, 4.69) is 21.3 Å². The number of anilines is 3. The van der Waals surface area contributed by atoms with E-state index in [1.807, 2.05) is 19.1 Å². The lowest BCUT2D eigenvalue weighted by Crippen LogP contribution is -2.39. The molecule has 0 fully saturated rings. The van der Waals surface area contributed by atoms with E-state index in [-0.39, 0.29) is 12.5 Å². The first kappa shape index (κ1) is 19.6. The van der Waals surface area contributed by atoms with Crippen LogP contribution in [-0.2, 0) is 19.2 Å². The van der Waals surface area contributed by atoms with Crippen molar-refractivity contribution in [2.75, 3.05) is 22.5 Å². The molecule has 0 aromatic heterocycles. The van der Waals surface area contributed by atoms with Gasteiger partial charge in [-0.05, 0) is 43.3 Å². The number of benzene rings is 2. The van der Waals surface area contributed by atoms with E-state index >= 15 is 0 Å². The van der Waals surface area contributed by atoms with Crippen LogP contribution in [0.15, 0.2) is 48.5 Å². The first-order valence-electron chi connectivity index (χ1n) is 8.17. The summed E-state index contributed by atoms with van der Waals surface area (Å²) >= 11 is 0. The lowest BCUT2D eigenvalue weighted by molar-refractivity contribution is -0.136. The number of nitrogens with one attached hydrogen (secondary N) is 4. The number of hydrogen-bond donors (Lipinski definition) is 4. The second-order valence-corrected chi connectivity index (χ2v) is 5.81. The molecule has 2 aromatic rings. The molecule has 2 aromatic carbocycles. The quantitative estimate of drug-likeness (QED) is 0.600. The molecule has 0 aliphatic carbocycles. The minimum Gasteiger partial charge on any atom is -0.339 e. The smallest absolute Gasteiger partial charge is 0.313 e. The molecule has 0 aliphatic rings. The third-order valence-electron chi connectivity index (χ3n) is 3.41. The number of rotatable bonds is 5. The zero-order valence-corrected chi connectivity index (χ0v) is 15.0. The summed E-state index contributed by atoms with van der Waals surface area (Å²) in [7, 11) is 0. The maximum absolute atomic E-state index is 11.9. The molecular weight excluding hydrogens is 348 g/mol. The number of hydrogen-bond acceptors (Lipinski definition) is 4. The summed E-state index contributed by atoms with van der Waals surface area (Å²) in [5.41, 5.74) is 2.61. The van der Waals surface area contributed by atoms with E-state index in [4.69, 9.17) is 0 Å². The van der Waals surface area contributed by atoms with Gasteiger partial charge in [-0.25, -0.2) is 0 Å². The Labute approximate surface area is 156 Å². The predicted octanol–water partition coefficient (Wildman–Crippen LogP) is 1.65. The van der Waals surface area contributed by atoms with Crippen molar-refractivity contribution in [3.63, 3.8) is 0 Å². The average Bonchev–Trinajstić information content (AvgIpc) is 2.62. The third kappa shape index (κ3) is 6.62. The van der Waals surface area contributed by atoms with Gasteiger partial charge in [0.15, 0.2) is 0 Å². The Balaban J connectivity index is 1.79. The van der Waals surface area contributed by atoms with Gasteiger partial charge in [0.05, 0.1) is 6.54 Å². The molecule has 4 amide bonds. The van der Waals surface area contributed by atoms with Crippen LogP contribution >= 0.6 is 0 Å². The molecule has 0 atom stereocenters. The van der Waals surface area contributed by atoms with Crippen molar-refractivity contribution in [1.82, 2.24) is 5.32 Å². The molecule has 0 heterocycles. The molecular formula is C19H20N4O4. The first-order valence-corrected chi connectivity index (χ1v) is 8.17. The van der Waals surface area contributed by atoms with Gasteiger partial charge in [-0.1, -0.05) is 17.7 Å². The second-order valence-electron chi connectivity index (χ2n) is 5.81. The normalized spacial score (nSPS) is 9.85. The summed E-state index contributed by atoms with van der Waals surface area (Å²) in [6.07, 6.45) is 0. The van der Waals surface area contributed by atoms with Crippen molar-refractivity contribution < 1.29 is 19.2 Å². The van der Waals surface area contributed by atoms with Gasteiger partial charge in [0.1, 0.15) is 0 Å². The zero-order valence-electron chi connectivity index (χ0n) is 15.0. The topological polar surface area (TPSA) is 116 Å². The predicted molar refractivity (Wildman–Crippen MR) is 102 cm³/mol. The van der Waals surface area contributed by atoms with E-state index in [1.54, 1.807) is 36.4 Å². The molecule has 27 heavy (non-hydrogen) atoms. The van der Waals surface area contributed by atoms with Crippen molar-refractivity contribution in [1.29, 1.82) is 0 Å². The molecule has 0 spiro atoms. The Morgan fingerprint density at radius 1 is 0.704 bits per heavy atom. The zero-order chi connectivity index (χ0) is 19.8. The molecule has 8 heteroatoms. The van der Waals surface area contributed by atoms with Gasteiger partial charge in [0, 0.05) is 24.0 Å². The van der Waals surface area contributed by atoms with Crippen LogP contribution in [0.5, 0.6) is 0 Å². The monoisotopic (exact) mass is 368 g/mol. The third-order valence-corrected chi connectivity index (χ3v) is 3.41. The number of carbonyl (C=O) groups excluding carboxylic acids is 4. The van der Waals surface area contributed by atoms with Gasteiger partial charge in [0.2, 0.25) is 11.8 Å².